The number of aromatic nitrogens is 3. The van der Waals surface area contributed by atoms with E-state index in [9.17, 15) is 14.7 Å². The number of nitrogens with one attached hydrogen (secondary N) is 2. The van der Waals surface area contributed by atoms with Crippen LogP contribution < -0.4 is 10.9 Å². The van der Waals surface area contributed by atoms with Crippen molar-refractivity contribution in [2.75, 3.05) is 0 Å². The number of aliphatic hydroxyl groups is 1. The van der Waals surface area contributed by atoms with Crippen LogP contribution in [0.5, 0.6) is 0 Å². The smallest absolute Gasteiger partial charge is 0.266 e. The van der Waals surface area contributed by atoms with Crippen LogP contribution in [0.25, 0.3) is 5.65 Å². The highest BCUT2D eigenvalue weighted by molar-refractivity contribution is 5.95. The lowest BCUT2D eigenvalue weighted by Gasteiger charge is -2.38. The first kappa shape index (κ1) is 16.5. The van der Waals surface area contributed by atoms with E-state index in [0.717, 1.165) is 5.56 Å². The van der Waals surface area contributed by atoms with Gasteiger partial charge in [-0.15, -0.1) is 0 Å². The summed E-state index contributed by atoms with van der Waals surface area (Å²) in [6.07, 6.45) is 2.53. The maximum absolute atomic E-state index is 12.9. The number of aliphatic hydroxyl groups excluding tert-OH is 1. The fourth-order valence-electron chi connectivity index (χ4n) is 3.55. The second-order valence-electron chi connectivity index (χ2n) is 6.82. The lowest BCUT2D eigenvalue weighted by molar-refractivity contribution is 0.0235. The van der Waals surface area contributed by atoms with E-state index in [1.54, 1.807) is 6.92 Å². The average molecular weight is 352 g/mol. The normalized spacial score (nSPS) is 20.5. The van der Waals surface area contributed by atoms with Crippen LogP contribution in [0.4, 0.5) is 0 Å². The molecule has 1 aromatic carbocycles. The lowest BCUT2D eigenvalue weighted by atomic mass is 9.75. The molecule has 0 aliphatic heterocycles. The van der Waals surface area contributed by atoms with Crippen LogP contribution in [-0.4, -0.2) is 31.7 Å². The van der Waals surface area contributed by atoms with Gasteiger partial charge in [0.15, 0.2) is 5.65 Å². The van der Waals surface area contributed by atoms with E-state index < -0.39 is 0 Å². The van der Waals surface area contributed by atoms with Crippen LogP contribution in [0.3, 0.4) is 0 Å². The Morgan fingerprint density at radius 3 is 2.77 bits per heavy atom. The standard InChI is InChI=1S/C19H20N4O3/c1-11-15(10-20-16-9-17(25)22-23(11)16)19(26)21-18(13-7-14(24)8-13)12-5-3-2-4-6-12/h2-6,9-10,13-14,18,24H,7-8H2,1H3,(H,21,26)(H,22,25)/t13?,14?,18-/m1/s1. The molecule has 2 aromatic heterocycles. The fourth-order valence-corrected chi connectivity index (χ4v) is 3.55. The second kappa shape index (κ2) is 6.42. The highest BCUT2D eigenvalue weighted by atomic mass is 16.3. The lowest BCUT2D eigenvalue weighted by Crippen LogP contribution is -2.41. The Balaban J connectivity index is 1.64. The number of H-pyrrole nitrogens is 1. The number of benzene rings is 1. The molecule has 7 nitrogen and oxygen atoms in total. The zero-order valence-electron chi connectivity index (χ0n) is 14.3. The predicted molar refractivity (Wildman–Crippen MR) is 95.9 cm³/mol. The predicted octanol–water partition coefficient (Wildman–Crippen LogP) is 1.57. The quantitative estimate of drug-likeness (QED) is 0.664. The summed E-state index contributed by atoms with van der Waals surface area (Å²) in [5.41, 5.74) is 2.26. The van der Waals surface area contributed by atoms with E-state index in [2.05, 4.69) is 15.4 Å². The van der Waals surface area contributed by atoms with Gasteiger partial charge in [0, 0.05) is 12.3 Å². The molecule has 7 heteroatoms. The molecule has 134 valence electrons. The molecule has 26 heavy (non-hydrogen) atoms. The highest BCUT2D eigenvalue weighted by Crippen LogP contribution is 2.38. The zero-order valence-corrected chi connectivity index (χ0v) is 14.3. The van der Waals surface area contributed by atoms with E-state index in [1.165, 1.54) is 16.8 Å². The van der Waals surface area contributed by atoms with Crippen LogP contribution in [0.1, 0.15) is 40.5 Å². The van der Waals surface area contributed by atoms with Crippen molar-refractivity contribution >= 4 is 11.6 Å². The van der Waals surface area contributed by atoms with Gasteiger partial charge < -0.3 is 10.4 Å². The summed E-state index contributed by atoms with van der Waals surface area (Å²) in [5.74, 6) is -0.0542. The zero-order chi connectivity index (χ0) is 18.3. The van der Waals surface area contributed by atoms with Gasteiger partial charge in [0.1, 0.15) is 0 Å². The number of aryl methyl sites for hydroxylation is 1. The molecule has 0 spiro atoms. The number of carbonyl (C=O) groups excluding carboxylic acids is 1. The molecule has 1 fully saturated rings. The van der Waals surface area contributed by atoms with Crippen molar-refractivity contribution in [1.29, 1.82) is 0 Å². The molecular formula is C19H20N4O3. The number of rotatable bonds is 4. The molecule has 1 aliphatic rings. The maximum Gasteiger partial charge on any atom is 0.266 e. The Bertz CT molecular complexity index is 1000. The number of fused-ring (bicyclic) bond motifs is 1. The molecule has 1 atom stereocenters. The van der Waals surface area contributed by atoms with Crippen LogP contribution in [-0.2, 0) is 0 Å². The highest BCUT2D eigenvalue weighted by Gasteiger charge is 2.36. The first-order chi connectivity index (χ1) is 12.5. The van der Waals surface area contributed by atoms with Gasteiger partial charge in [0.05, 0.1) is 23.4 Å². The van der Waals surface area contributed by atoms with Crippen molar-refractivity contribution in [2.24, 2.45) is 5.92 Å². The van der Waals surface area contributed by atoms with Gasteiger partial charge in [-0.1, -0.05) is 30.3 Å². The third kappa shape index (κ3) is 2.90. The summed E-state index contributed by atoms with van der Waals surface area (Å²) in [6, 6.07) is 11.0. The van der Waals surface area contributed by atoms with Crippen LogP contribution in [0, 0.1) is 12.8 Å². The van der Waals surface area contributed by atoms with Gasteiger partial charge in [-0.2, -0.15) is 0 Å². The van der Waals surface area contributed by atoms with E-state index >= 15 is 0 Å². The number of hydrogen-bond donors (Lipinski definition) is 3. The minimum Gasteiger partial charge on any atom is -0.393 e. The van der Waals surface area contributed by atoms with E-state index in [1.807, 2.05) is 30.3 Å². The molecule has 0 unspecified atom stereocenters. The van der Waals surface area contributed by atoms with Gasteiger partial charge in [-0.05, 0) is 31.2 Å². The topological polar surface area (TPSA) is 99.5 Å². The molecule has 3 N–H and O–H groups in total. The van der Waals surface area contributed by atoms with Gasteiger partial charge in [0.25, 0.3) is 11.5 Å². The fraction of sp³-hybridized carbons (Fsp3) is 0.316. The van der Waals surface area contributed by atoms with Crippen LogP contribution in [0.2, 0.25) is 0 Å². The SMILES string of the molecule is Cc1c(C(=O)N[C@H](c2ccccc2)C2CC(O)C2)cnc2cc(=O)[nH]n12. The van der Waals surface area contributed by atoms with E-state index in [4.69, 9.17) is 0 Å². The van der Waals surface area contributed by atoms with Crippen molar-refractivity contribution in [3.8, 4) is 0 Å². The van der Waals surface area contributed by atoms with Crippen LogP contribution >= 0.6 is 0 Å². The monoisotopic (exact) mass is 352 g/mol. The van der Waals surface area contributed by atoms with Crippen molar-refractivity contribution in [3.05, 3.63) is 69.8 Å². The molecule has 4 rings (SSSR count). The summed E-state index contributed by atoms with van der Waals surface area (Å²) in [6.45, 7) is 1.77. The Morgan fingerprint density at radius 1 is 1.35 bits per heavy atom. The Kier molecular flexibility index (Phi) is 4.08. The molecule has 1 aliphatic carbocycles. The molecule has 1 saturated carbocycles. The summed E-state index contributed by atoms with van der Waals surface area (Å²) in [5, 5.41) is 15.4. The first-order valence-corrected chi connectivity index (χ1v) is 8.64. The Hall–Kier alpha value is -2.93. The molecule has 1 amide bonds. The van der Waals surface area contributed by atoms with Crippen LogP contribution in [0.15, 0.2) is 47.4 Å². The molecule has 0 saturated heterocycles. The second-order valence-corrected chi connectivity index (χ2v) is 6.82. The molecule has 0 bridgehead atoms. The van der Waals surface area contributed by atoms with Crippen molar-refractivity contribution in [2.45, 2.75) is 31.9 Å². The van der Waals surface area contributed by atoms with Crippen molar-refractivity contribution in [3.63, 3.8) is 0 Å². The van der Waals surface area contributed by atoms with Gasteiger partial charge in [-0.3, -0.25) is 14.7 Å². The largest absolute Gasteiger partial charge is 0.393 e. The Morgan fingerprint density at radius 2 is 2.08 bits per heavy atom. The minimum absolute atomic E-state index is 0.175. The van der Waals surface area contributed by atoms with E-state index in [0.29, 0.717) is 29.7 Å². The molecule has 3 aromatic rings. The summed E-state index contributed by atoms with van der Waals surface area (Å²) >= 11 is 0. The number of amides is 1. The number of hydrogen-bond acceptors (Lipinski definition) is 4. The molecular weight excluding hydrogens is 332 g/mol. The average Bonchev–Trinajstić information content (AvgIpc) is 2.99. The number of aromatic amines is 1. The van der Waals surface area contributed by atoms with Gasteiger partial charge in [-0.25, -0.2) is 9.50 Å². The third-order valence-electron chi connectivity index (χ3n) is 5.07. The van der Waals surface area contributed by atoms with Gasteiger partial charge in [0.2, 0.25) is 0 Å². The minimum atomic E-state index is -0.298. The van der Waals surface area contributed by atoms with E-state index in [-0.39, 0.29) is 29.5 Å². The molecule has 2 heterocycles. The summed E-state index contributed by atoms with van der Waals surface area (Å²) in [4.78, 5) is 28.6. The van der Waals surface area contributed by atoms with Crippen molar-refractivity contribution in [1.82, 2.24) is 19.9 Å². The third-order valence-corrected chi connectivity index (χ3v) is 5.07. The Labute approximate surface area is 149 Å². The number of nitrogens with zero attached hydrogens (tertiary/aromatic N) is 2. The number of carbonyl (C=O) groups is 1. The summed E-state index contributed by atoms with van der Waals surface area (Å²) < 4.78 is 1.52. The first-order valence-electron chi connectivity index (χ1n) is 8.64. The van der Waals surface area contributed by atoms with Gasteiger partial charge >= 0.3 is 0 Å². The maximum atomic E-state index is 12.9. The summed E-state index contributed by atoms with van der Waals surface area (Å²) in [7, 11) is 0. The van der Waals surface area contributed by atoms with Crippen molar-refractivity contribution < 1.29 is 9.90 Å². The molecule has 0 radical (unpaired) electrons.